The van der Waals surface area contributed by atoms with Crippen molar-refractivity contribution in [1.29, 1.82) is 0 Å². The van der Waals surface area contributed by atoms with Crippen molar-refractivity contribution in [2.24, 2.45) is 5.73 Å². The topological polar surface area (TPSA) is 282 Å². The summed E-state index contributed by atoms with van der Waals surface area (Å²) in [5, 5.41) is 21.4. The predicted octanol–water partition coefficient (Wildman–Crippen LogP) is 2.79. The van der Waals surface area contributed by atoms with Gasteiger partial charge in [0, 0.05) is 49.7 Å². The zero-order chi connectivity index (χ0) is 40.8. The minimum absolute atomic E-state index is 0. The van der Waals surface area contributed by atoms with Crippen molar-refractivity contribution in [2.75, 3.05) is 46.8 Å². The number of esters is 2. The van der Waals surface area contributed by atoms with Gasteiger partial charge in [0.05, 0.1) is 19.6 Å². The molecule has 55 heavy (non-hydrogen) atoms. The van der Waals surface area contributed by atoms with Gasteiger partial charge in [-0.2, -0.15) is 15.3 Å². The van der Waals surface area contributed by atoms with Crippen molar-refractivity contribution in [1.82, 2.24) is 50.9 Å². The molecule has 0 spiro atoms. The third-order valence-corrected chi connectivity index (χ3v) is 9.87. The molecule has 1 fully saturated rings. The maximum atomic E-state index is 11.3. The lowest BCUT2D eigenvalue weighted by molar-refractivity contribution is -0.143. The highest BCUT2D eigenvalue weighted by molar-refractivity contribution is 6.76. The molecule has 1 aliphatic rings. The van der Waals surface area contributed by atoms with Crippen LogP contribution in [-0.4, -0.2) is 131 Å². The van der Waals surface area contributed by atoms with Gasteiger partial charge in [-0.1, -0.05) is 39.3 Å². The monoisotopic (exact) mass is 817 g/mol. The SMILES string of the molecule is C1CCOC1.CCOC(=O)Cc1ncn(COCC[Si](C)(C)C)n1.CCOC(=O)Cc1ncn[nH]1.CO.C[Si](C)(C)CCOCn1cnc(CC(N)=O)n1.N. The number of aromatic amines is 1. The zero-order valence-electron chi connectivity index (χ0n) is 34.4. The van der Waals surface area contributed by atoms with Gasteiger partial charge >= 0.3 is 11.9 Å². The van der Waals surface area contributed by atoms with Crippen LogP contribution < -0.4 is 11.9 Å². The van der Waals surface area contributed by atoms with Gasteiger partial charge in [0.25, 0.3) is 0 Å². The minimum atomic E-state index is -1.05. The number of aromatic nitrogens is 9. The summed E-state index contributed by atoms with van der Waals surface area (Å²) in [6.07, 6.45) is 7.37. The molecule has 0 unspecified atom stereocenters. The van der Waals surface area contributed by atoms with E-state index in [4.69, 9.17) is 29.8 Å². The third-order valence-electron chi connectivity index (χ3n) is 6.46. The van der Waals surface area contributed by atoms with Crippen molar-refractivity contribution in [3.8, 4) is 0 Å². The summed E-state index contributed by atoms with van der Waals surface area (Å²) in [4.78, 5) is 44.5. The predicted molar refractivity (Wildman–Crippen MR) is 211 cm³/mol. The summed E-state index contributed by atoms with van der Waals surface area (Å²) in [6, 6.07) is 2.24. The molecule has 0 atom stereocenters. The Hall–Kier alpha value is -3.94. The molecule has 316 valence electrons. The number of primary amides is 1. The second-order valence-electron chi connectivity index (χ2n) is 14.0. The first-order valence-electron chi connectivity index (χ1n) is 18.0. The number of carbonyl (C=O) groups is 3. The van der Waals surface area contributed by atoms with Crippen molar-refractivity contribution >= 4 is 34.0 Å². The number of nitrogens with zero attached hydrogens (tertiary/aromatic N) is 8. The number of hydrogen-bond acceptors (Lipinski definition) is 16. The molecule has 4 heterocycles. The van der Waals surface area contributed by atoms with Crippen LogP contribution in [0, 0.1) is 0 Å². The molecule has 0 radical (unpaired) electrons. The number of ether oxygens (including phenoxy) is 5. The van der Waals surface area contributed by atoms with Gasteiger partial charge in [0.2, 0.25) is 5.91 Å². The Morgan fingerprint density at radius 1 is 0.782 bits per heavy atom. The number of amides is 1. The number of aliphatic hydroxyl groups excluding tert-OH is 1. The van der Waals surface area contributed by atoms with Crippen molar-refractivity contribution in [3.63, 3.8) is 0 Å². The third kappa shape index (κ3) is 32.1. The van der Waals surface area contributed by atoms with E-state index in [1.54, 1.807) is 35.9 Å². The van der Waals surface area contributed by atoms with Gasteiger partial charge in [-0.05, 0) is 38.8 Å². The first kappa shape index (κ1) is 53.2. The maximum Gasteiger partial charge on any atom is 0.313 e. The smallest absolute Gasteiger partial charge is 0.313 e. The van der Waals surface area contributed by atoms with Crippen LogP contribution in [0.3, 0.4) is 0 Å². The number of aliphatic hydroxyl groups is 1. The van der Waals surface area contributed by atoms with E-state index in [2.05, 4.69) is 79.4 Å². The molecule has 1 amide bonds. The molecule has 1 saturated heterocycles. The molecule has 0 saturated carbocycles. The van der Waals surface area contributed by atoms with Crippen LogP contribution in [0.5, 0.6) is 0 Å². The molecule has 0 aromatic carbocycles. The molecule has 22 heteroatoms. The van der Waals surface area contributed by atoms with Crippen molar-refractivity contribution in [2.45, 2.75) is 111 Å². The van der Waals surface area contributed by atoms with Gasteiger partial charge in [-0.25, -0.2) is 24.3 Å². The first-order chi connectivity index (χ1) is 25.6. The Kier molecular flexibility index (Phi) is 30.2. The molecule has 4 rings (SSSR count). The van der Waals surface area contributed by atoms with E-state index in [1.165, 1.54) is 19.2 Å². The normalized spacial score (nSPS) is 11.8. The fourth-order valence-corrected chi connectivity index (χ4v) is 5.21. The minimum Gasteiger partial charge on any atom is -0.466 e. The quantitative estimate of drug-likeness (QED) is 0.0816. The number of H-pyrrole nitrogens is 1. The van der Waals surface area contributed by atoms with Crippen LogP contribution in [0.15, 0.2) is 19.0 Å². The lowest BCUT2D eigenvalue weighted by atomic mass is 10.4. The highest BCUT2D eigenvalue weighted by Crippen LogP contribution is 2.08. The van der Waals surface area contributed by atoms with E-state index in [0.29, 0.717) is 44.1 Å². The number of hydrogen-bond donors (Lipinski definition) is 4. The molecule has 3 aromatic heterocycles. The Balaban J connectivity index is 0. The summed E-state index contributed by atoms with van der Waals surface area (Å²) in [6.45, 7) is 22.4. The van der Waals surface area contributed by atoms with Crippen molar-refractivity contribution in [3.05, 3.63) is 36.5 Å². The van der Waals surface area contributed by atoms with Gasteiger partial charge in [-0.15, -0.1) is 0 Å². The Labute approximate surface area is 327 Å². The second kappa shape index (κ2) is 31.3. The number of nitrogens with one attached hydrogen (secondary N) is 1. The lowest BCUT2D eigenvalue weighted by Crippen LogP contribution is -2.22. The summed E-state index contributed by atoms with van der Waals surface area (Å²) in [7, 11) is -1.10. The molecule has 1 aliphatic heterocycles. The van der Waals surface area contributed by atoms with Crippen LogP contribution >= 0.6 is 0 Å². The Morgan fingerprint density at radius 2 is 1.24 bits per heavy atom. The summed E-state index contributed by atoms with van der Waals surface area (Å²) >= 11 is 0. The van der Waals surface area contributed by atoms with Crippen LogP contribution in [0.25, 0.3) is 0 Å². The first-order valence-corrected chi connectivity index (χ1v) is 25.4. The zero-order valence-corrected chi connectivity index (χ0v) is 36.4. The fourth-order valence-electron chi connectivity index (χ4n) is 3.70. The average molecular weight is 818 g/mol. The molecular weight excluding hydrogens is 751 g/mol. The molecule has 20 nitrogen and oxygen atoms in total. The molecular formula is C33H67N11O9Si2. The second-order valence-corrected chi connectivity index (χ2v) is 25.2. The summed E-state index contributed by atoms with van der Waals surface area (Å²) < 4.78 is 28.7. The standard InChI is InChI=1S/C12H23N3O3Si.C10H20N4O2Si.C6H9N3O2.C4H8O.CH4O.H3N/c1-5-18-12(16)8-11-13-9-15(14-11)10-17-6-7-19(2,3)4;1-17(2,3)5-4-16-8-14-7-12-10(13-14)6-9(11)15;1-2-11-6(10)3-5-7-4-8-9-5;1-2-4-5-3-1;1-2;/h9H,5-8,10H2,1-4H3;7H,4-6,8H2,1-3H3,(H2,11,15);4H,2-3H2,1H3,(H,7,8,9);1-4H2;2H,1H3;1H3. The van der Waals surface area contributed by atoms with E-state index < -0.39 is 22.1 Å². The van der Waals surface area contributed by atoms with Crippen LogP contribution in [0.4, 0.5) is 0 Å². The fraction of sp³-hybridized carbons (Fsp3) is 0.727. The summed E-state index contributed by atoms with van der Waals surface area (Å²) in [5.74, 6) is 0.411. The van der Waals surface area contributed by atoms with Crippen LogP contribution in [-0.2, 0) is 70.8 Å². The largest absolute Gasteiger partial charge is 0.466 e. The van der Waals surface area contributed by atoms with E-state index in [-0.39, 0.29) is 37.4 Å². The number of nitrogens with two attached hydrogens (primary N) is 1. The highest BCUT2D eigenvalue weighted by Gasteiger charge is 2.14. The van der Waals surface area contributed by atoms with E-state index in [9.17, 15) is 14.4 Å². The maximum absolute atomic E-state index is 11.3. The van der Waals surface area contributed by atoms with E-state index in [0.717, 1.165) is 45.6 Å². The van der Waals surface area contributed by atoms with Crippen LogP contribution in [0.1, 0.15) is 44.2 Å². The molecule has 7 N–H and O–H groups in total. The van der Waals surface area contributed by atoms with Gasteiger partial charge in [0.15, 0.2) is 11.6 Å². The Morgan fingerprint density at radius 3 is 1.60 bits per heavy atom. The van der Waals surface area contributed by atoms with E-state index >= 15 is 0 Å². The molecule has 0 aliphatic carbocycles. The lowest BCUT2D eigenvalue weighted by Gasteiger charge is -2.15. The Bertz CT molecular complexity index is 1390. The van der Waals surface area contributed by atoms with E-state index in [1.807, 2.05) is 0 Å². The number of carbonyl (C=O) groups excluding carboxylic acids is 3. The summed E-state index contributed by atoms with van der Waals surface area (Å²) in [5.41, 5.74) is 5.05. The van der Waals surface area contributed by atoms with Gasteiger partial charge in [-0.3, -0.25) is 19.5 Å². The molecule has 3 aromatic rings. The molecule has 0 bridgehead atoms. The highest BCUT2D eigenvalue weighted by atomic mass is 28.3. The van der Waals surface area contributed by atoms with Gasteiger partial charge < -0.3 is 40.7 Å². The average Bonchev–Trinajstić information content (AvgIpc) is 3.93. The van der Waals surface area contributed by atoms with Crippen LogP contribution in [0.2, 0.25) is 51.4 Å². The van der Waals surface area contributed by atoms with Gasteiger partial charge in [0.1, 0.15) is 51.1 Å². The number of rotatable bonds is 18. The van der Waals surface area contributed by atoms with Crippen molar-refractivity contribution < 1.29 is 43.2 Å².